The van der Waals surface area contributed by atoms with E-state index in [9.17, 15) is 4.79 Å². The van der Waals surface area contributed by atoms with Gasteiger partial charge in [0.25, 0.3) is 0 Å². The van der Waals surface area contributed by atoms with Crippen molar-refractivity contribution in [3.8, 4) is 0 Å². The van der Waals surface area contributed by atoms with Crippen molar-refractivity contribution in [2.45, 2.75) is 26.9 Å². The summed E-state index contributed by atoms with van der Waals surface area (Å²) >= 11 is 0. The maximum Gasteiger partial charge on any atom is 0.313 e. The third-order valence-corrected chi connectivity index (χ3v) is 3.52. The van der Waals surface area contributed by atoms with Gasteiger partial charge in [0.1, 0.15) is 0 Å². The molecule has 0 unspecified atom stereocenters. The Morgan fingerprint density at radius 1 is 1.35 bits per heavy atom. The highest BCUT2D eigenvalue weighted by atomic mass is 16.5. The first-order chi connectivity index (χ1) is 9.47. The number of esters is 1. The maximum absolute atomic E-state index is 11.8. The molecule has 4 nitrogen and oxygen atoms in total. The van der Waals surface area contributed by atoms with Gasteiger partial charge in [-0.3, -0.25) is 4.79 Å². The first-order valence-corrected chi connectivity index (χ1v) is 6.79. The number of ether oxygens (including phenoxy) is 1. The summed E-state index contributed by atoms with van der Waals surface area (Å²) in [6, 6.07) is 8.48. The van der Waals surface area contributed by atoms with Crippen molar-refractivity contribution >= 4 is 16.9 Å². The molecule has 0 bridgehead atoms. The molecule has 0 spiro atoms. The van der Waals surface area contributed by atoms with Gasteiger partial charge < -0.3 is 14.6 Å². The van der Waals surface area contributed by atoms with Crippen LogP contribution in [-0.2, 0) is 22.6 Å². The molecule has 0 fully saturated rings. The topological polar surface area (TPSA) is 43.3 Å². The lowest BCUT2D eigenvalue weighted by Crippen LogP contribution is -2.30. The van der Waals surface area contributed by atoms with E-state index in [4.69, 9.17) is 4.74 Å². The molecule has 2 rings (SSSR count). The van der Waals surface area contributed by atoms with Gasteiger partial charge in [0.05, 0.1) is 12.5 Å². The second-order valence-electron chi connectivity index (χ2n) is 5.74. The fourth-order valence-electron chi connectivity index (χ4n) is 2.47. The van der Waals surface area contributed by atoms with Crippen LogP contribution in [0.2, 0.25) is 0 Å². The first kappa shape index (κ1) is 14.6. The van der Waals surface area contributed by atoms with Crippen LogP contribution in [0.15, 0.2) is 30.5 Å². The zero-order chi connectivity index (χ0) is 14.8. The van der Waals surface area contributed by atoms with Gasteiger partial charge in [0.2, 0.25) is 0 Å². The van der Waals surface area contributed by atoms with E-state index < -0.39 is 5.41 Å². The van der Waals surface area contributed by atoms with Crippen molar-refractivity contribution in [2.24, 2.45) is 5.41 Å². The summed E-state index contributed by atoms with van der Waals surface area (Å²) in [5, 5.41) is 4.34. The molecule has 0 atom stereocenters. The number of benzene rings is 1. The maximum atomic E-state index is 11.8. The Morgan fingerprint density at radius 2 is 2.10 bits per heavy atom. The monoisotopic (exact) mass is 274 g/mol. The molecular formula is C16H22N2O2. The molecule has 1 aromatic heterocycles. The molecule has 108 valence electrons. The largest absolute Gasteiger partial charge is 0.469 e. The molecule has 0 aliphatic rings. The molecule has 20 heavy (non-hydrogen) atoms. The summed E-state index contributed by atoms with van der Waals surface area (Å²) in [4.78, 5) is 11.8. The molecule has 0 radical (unpaired) electrons. The number of hydrogen-bond acceptors (Lipinski definition) is 3. The molecule has 1 N–H and O–H groups in total. The lowest BCUT2D eigenvalue weighted by Gasteiger charge is -2.22. The number of fused-ring (bicyclic) bond motifs is 1. The molecule has 4 heteroatoms. The van der Waals surface area contributed by atoms with Crippen LogP contribution in [0.25, 0.3) is 10.9 Å². The summed E-state index contributed by atoms with van der Waals surface area (Å²) in [6.07, 6.45) is 2.03. The lowest BCUT2D eigenvalue weighted by molar-refractivity contribution is -0.151. The summed E-state index contributed by atoms with van der Waals surface area (Å²) in [7, 11) is 3.37. The zero-order valence-corrected chi connectivity index (χ0v) is 12.6. The Bertz CT molecular complexity index is 614. The Morgan fingerprint density at radius 3 is 2.75 bits per heavy atom. The molecule has 0 saturated carbocycles. The molecular weight excluding hydrogens is 252 g/mol. The van der Waals surface area contributed by atoms with Gasteiger partial charge in [-0.1, -0.05) is 6.07 Å². The van der Waals surface area contributed by atoms with Crippen molar-refractivity contribution in [3.05, 3.63) is 36.0 Å². The minimum Gasteiger partial charge on any atom is -0.469 e. The van der Waals surface area contributed by atoms with Crippen molar-refractivity contribution in [1.82, 2.24) is 9.88 Å². The molecule has 1 heterocycles. The Labute approximate surface area is 119 Å². The Balaban J connectivity index is 2.30. The van der Waals surface area contributed by atoms with Crippen molar-refractivity contribution in [1.29, 1.82) is 0 Å². The second-order valence-corrected chi connectivity index (χ2v) is 5.74. The highest BCUT2D eigenvalue weighted by Crippen LogP contribution is 2.25. The van der Waals surface area contributed by atoms with E-state index in [2.05, 4.69) is 34.1 Å². The first-order valence-electron chi connectivity index (χ1n) is 6.79. The van der Waals surface area contributed by atoms with E-state index in [0.717, 1.165) is 12.1 Å². The van der Waals surface area contributed by atoms with E-state index >= 15 is 0 Å². The highest BCUT2D eigenvalue weighted by Gasteiger charge is 2.29. The molecule has 0 saturated heterocycles. The molecule has 0 amide bonds. The average Bonchev–Trinajstić information content (AvgIpc) is 2.80. The van der Waals surface area contributed by atoms with Crippen LogP contribution in [0.3, 0.4) is 0 Å². The number of carbonyl (C=O) groups excluding carboxylic acids is 1. The number of aromatic nitrogens is 1. The van der Waals surface area contributed by atoms with Crippen LogP contribution >= 0.6 is 0 Å². The van der Waals surface area contributed by atoms with Crippen LogP contribution in [-0.4, -0.2) is 24.7 Å². The van der Waals surface area contributed by atoms with E-state index in [1.807, 2.05) is 27.1 Å². The van der Waals surface area contributed by atoms with E-state index in [0.29, 0.717) is 6.54 Å². The van der Waals surface area contributed by atoms with Crippen LogP contribution in [0.1, 0.15) is 19.4 Å². The highest BCUT2D eigenvalue weighted by molar-refractivity contribution is 5.81. The number of nitrogens with one attached hydrogen (secondary N) is 1. The summed E-state index contributed by atoms with van der Waals surface area (Å²) in [5.74, 6) is -0.189. The Hall–Kier alpha value is -1.81. The van der Waals surface area contributed by atoms with Gasteiger partial charge >= 0.3 is 5.97 Å². The average molecular weight is 274 g/mol. The van der Waals surface area contributed by atoms with Gasteiger partial charge in [-0.25, -0.2) is 0 Å². The van der Waals surface area contributed by atoms with E-state index in [1.165, 1.54) is 18.1 Å². The van der Waals surface area contributed by atoms with Crippen LogP contribution < -0.4 is 5.32 Å². The van der Waals surface area contributed by atoms with Gasteiger partial charge in [0, 0.05) is 24.8 Å². The predicted octanol–water partition coefficient (Wildman–Crippen LogP) is 2.56. The third-order valence-electron chi connectivity index (χ3n) is 3.52. The minimum absolute atomic E-state index is 0.189. The van der Waals surface area contributed by atoms with Gasteiger partial charge in [0.15, 0.2) is 0 Å². The van der Waals surface area contributed by atoms with Gasteiger partial charge in [-0.05, 0) is 50.0 Å². The third kappa shape index (κ3) is 2.85. The molecule has 0 aliphatic carbocycles. The zero-order valence-electron chi connectivity index (χ0n) is 12.6. The summed E-state index contributed by atoms with van der Waals surface area (Å²) < 4.78 is 6.97. The summed E-state index contributed by atoms with van der Waals surface area (Å²) in [5.41, 5.74) is 1.86. The number of rotatable bonds is 5. The van der Waals surface area contributed by atoms with Crippen LogP contribution in [0, 0.1) is 5.41 Å². The van der Waals surface area contributed by atoms with Gasteiger partial charge in [-0.15, -0.1) is 0 Å². The summed E-state index contributed by atoms with van der Waals surface area (Å²) in [6.45, 7) is 5.27. The second kappa shape index (κ2) is 5.67. The number of methoxy groups -OCH3 is 1. The molecule has 0 aliphatic heterocycles. The van der Waals surface area contributed by atoms with Crippen molar-refractivity contribution in [2.75, 3.05) is 14.2 Å². The standard InChI is InChI=1S/C16H22N2O2/c1-16(2,15(19)20-4)11-18-8-7-13-9-12(10-17-3)5-6-14(13)18/h5-9,17H,10-11H2,1-4H3. The molecule has 1 aromatic carbocycles. The quantitative estimate of drug-likeness (QED) is 0.852. The number of nitrogens with zero attached hydrogens (tertiary/aromatic N) is 1. The fourth-order valence-corrected chi connectivity index (χ4v) is 2.47. The van der Waals surface area contributed by atoms with E-state index in [1.54, 1.807) is 0 Å². The fraction of sp³-hybridized carbons (Fsp3) is 0.438. The Kier molecular flexibility index (Phi) is 4.14. The van der Waals surface area contributed by atoms with Gasteiger partial charge in [-0.2, -0.15) is 0 Å². The smallest absolute Gasteiger partial charge is 0.313 e. The van der Waals surface area contributed by atoms with Crippen LogP contribution in [0.5, 0.6) is 0 Å². The lowest BCUT2D eigenvalue weighted by atomic mass is 9.93. The number of carbonyl (C=O) groups is 1. The van der Waals surface area contributed by atoms with Crippen LogP contribution in [0.4, 0.5) is 0 Å². The van der Waals surface area contributed by atoms with Crippen molar-refractivity contribution in [3.63, 3.8) is 0 Å². The number of hydrogen-bond donors (Lipinski definition) is 1. The van der Waals surface area contributed by atoms with Crippen molar-refractivity contribution < 1.29 is 9.53 Å². The normalized spacial score (nSPS) is 11.8. The SMILES string of the molecule is CNCc1ccc2c(ccn2CC(C)(C)C(=O)OC)c1. The minimum atomic E-state index is -0.537. The van der Waals surface area contributed by atoms with E-state index in [-0.39, 0.29) is 5.97 Å². The predicted molar refractivity (Wildman–Crippen MR) is 80.5 cm³/mol. The molecule has 2 aromatic rings.